The molecule has 0 spiro atoms. The molecule has 2 N–H and O–H groups in total. The first-order chi connectivity index (χ1) is 12.1. The second-order valence-electron chi connectivity index (χ2n) is 6.23. The smallest absolute Gasteiger partial charge is 0.325 e. The average Bonchev–Trinajstić information content (AvgIpc) is 2.58. The zero-order chi connectivity index (χ0) is 18.8. The van der Waals surface area contributed by atoms with Crippen molar-refractivity contribution in [2.24, 2.45) is 0 Å². The Bertz CT molecular complexity index is 438. The maximum atomic E-state index is 11.5. The Kier molecular flexibility index (Phi) is 15.7. The van der Waals surface area contributed by atoms with Crippen LogP contribution in [0.4, 0.5) is 0 Å². The van der Waals surface area contributed by atoms with Crippen molar-refractivity contribution in [2.45, 2.75) is 84.1 Å². The molecular weight excluding hydrogens is 314 g/mol. The molecule has 0 aromatic carbocycles. The lowest BCUT2D eigenvalue weighted by atomic mass is 10.1. The minimum Gasteiger partial charge on any atom is -0.480 e. The van der Waals surface area contributed by atoms with Crippen LogP contribution in [0.5, 0.6) is 0 Å². The first-order valence-corrected chi connectivity index (χ1v) is 9.55. The van der Waals surface area contributed by atoms with Gasteiger partial charge in [-0.05, 0) is 45.4 Å². The molecule has 1 amide bonds. The van der Waals surface area contributed by atoms with E-state index in [1.807, 2.05) is 0 Å². The summed E-state index contributed by atoms with van der Waals surface area (Å²) in [6.45, 7) is 3.62. The van der Waals surface area contributed by atoms with E-state index in [9.17, 15) is 9.59 Å². The van der Waals surface area contributed by atoms with E-state index in [1.54, 1.807) is 0 Å². The Balaban J connectivity index is 3.41. The summed E-state index contributed by atoms with van der Waals surface area (Å²) in [5.74, 6) is -1.17. The SMILES string of the molecule is CC/C=C\C/C=C\C/C=C\CCCCCCCC(=O)N[C@@H](C)C(=O)O. The van der Waals surface area contributed by atoms with Crippen molar-refractivity contribution < 1.29 is 14.7 Å². The molecule has 0 rings (SSSR count). The fraction of sp³-hybridized carbons (Fsp3) is 0.619. The number of carbonyl (C=O) groups excluding carboxylic acids is 1. The van der Waals surface area contributed by atoms with Gasteiger partial charge in [-0.15, -0.1) is 0 Å². The molecule has 0 aromatic heterocycles. The van der Waals surface area contributed by atoms with E-state index >= 15 is 0 Å². The zero-order valence-corrected chi connectivity index (χ0v) is 15.9. The average molecular weight is 350 g/mol. The standard InChI is InChI=1S/C21H35NO3/c1-3-4-5-6-7-8-9-10-11-12-13-14-15-16-17-18-20(23)22-19(2)21(24)25/h4-5,7-8,10-11,19H,3,6,9,12-18H2,1-2H3,(H,22,23)(H,24,25)/b5-4-,8-7-,11-10-/t19-/m0/s1. The van der Waals surface area contributed by atoms with Gasteiger partial charge in [0.05, 0.1) is 0 Å². The number of aliphatic carboxylic acids is 1. The first-order valence-electron chi connectivity index (χ1n) is 9.55. The number of carboxylic acids is 1. The van der Waals surface area contributed by atoms with Crippen LogP contribution in [0.2, 0.25) is 0 Å². The van der Waals surface area contributed by atoms with Crippen LogP contribution in [0, 0.1) is 0 Å². The quantitative estimate of drug-likeness (QED) is 0.317. The van der Waals surface area contributed by atoms with Gasteiger partial charge in [-0.25, -0.2) is 0 Å². The Morgan fingerprint density at radius 3 is 2.08 bits per heavy atom. The maximum Gasteiger partial charge on any atom is 0.325 e. The van der Waals surface area contributed by atoms with Crippen LogP contribution < -0.4 is 5.32 Å². The summed E-state index contributed by atoms with van der Waals surface area (Å²) in [5, 5.41) is 11.2. The normalized spacial score (nSPS) is 13.0. The summed E-state index contributed by atoms with van der Waals surface area (Å²) in [6.07, 6.45) is 23.2. The number of carboxylic acid groups (broad SMARTS) is 1. The third kappa shape index (κ3) is 16.8. The lowest BCUT2D eigenvalue weighted by molar-refractivity contribution is -0.141. The van der Waals surface area contributed by atoms with Gasteiger partial charge in [-0.2, -0.15) is 0 Å². The van der Waals surface area contributed by atoms with Crippen LogP contribution >= 0.6 is 0 Å². The summed E-state index contributed by atoms with van der Waals surface area (Å²) in [4.78, 5) is 22.1. The molecule has 0 saturated heterocycles. The molecule has 142 valence electrons. The van der Waals surface area contributed by atoms with Gasteiger partial charge in [-0.1, -0.05) is 62.6 Å². The third-order valence-electron chi connectivity index (χ3n) is 3.80. The fourth-order valence-corrected chi connectivity index (χ4v) is 2.28. The lowest BCUT2D eigenvalue weighted by Crippen LogP contribution is -2.38. The van der Waals surface area contributed by atoms with Crippen LogP contribution in [0.1, 0.15) is 78.1 Å². The molecule has 0 aliphatic carbocycles. The van der Waals surface area contributed by atoms with Gasteiger partial charge in [0.25, 0.3) is 0 Å². The lowest BCUT2D eigenvalue weighted by Gasteiger charge is -2.08. The van der Waals surface area contributed by atoms with Crippen LogP contribution in [0.25, 0.3) is 0 Å². The van der Waals surface area contributed by atoms with Gasteiger partial charge in [0.1, 0.15) is 6.04 Å². The second-order valence-corrected chi connectivity index (χ2v) is 6.23. The van der Waals surface area contributed by atoms with Gasteiger partial charge in [0.15, 0.2) is 0 Å². The van der Waals surface area contributed by atoms with E-state index in [-0.39, 0.29) is 5.91 Å². The van der Waals surface area contributed by atoms with Crippen molar-refractivity contribution in [2.75, 3.05) is 0 Å². The molecule has 0 aliphatic rings. The number of hydrogen-bond donors (Lipinski definition) is 2. The second kappa shape index (κ2) is 17.0. The summed E-state index contributed by atoms with van der Waals surface area (Å²) in [5.41, 5.74) is 0. The Morgan fingerprint density at radius 1 is 0.880 bits per heavy atom. The predicted molar refractivity (Wildman–Crippen MR) is 105 cm³/mol. The van der Waals surface area contributed by atoms with Crippen molar-refractivity contribution in [3.8, 4) is 0 Å². The van der Waals surface area contributed by atoms with Gasteiger partial charge in [0, 0.05) is 6.42 Å². The van der Waals surface area contributed by atoms with Crippen LogP contribution in [0.3, 0.4) is 0 Å². The molecule has 0 radical (unpaired) electrons. The fourth-order valence-electron chi connectivity index (χ4n) is 2.28. The van der Waals surface area contributed by atoms with E-state index in [0.717, 1.165) is 44.9 Å². The van der Waals surface area contributed by atoms with Crippen molar-refractivity contribution >= 4 is 11.9 Å². The van der Waals surface area contributed by atoms with Crippen molar-refractivity contribution in [3.63, 3.8) is 0 Å². The van der Waals surface area contributed by atoms with Crippen molar-refractivity contribution in [1.82, 2.24) is 5.32 Å². The zero-order valence-electron chi connectivity index (χ0n) is 15.9. The highest BCUT2D eigenvalue weighted by Gasteiger charge is 2.12. The first kappa shape index (κ1) is 23.2. The van der Waals surface area contributed by atoms with E-state index in [0.29, 0.717) is 6.42 Å². The highest BCUT2D eigenvalue weighted by atomic mass is 16.4. The van der Waals surface area contributed by atoms with Crippen molar-refractivity contribution in [1.29, 1.82) is 0 Å². The Morgan fingerprint density at radius 2 is 1.44 bits per heavy atom. The largest absolute Gasteiger partial charge is 0.480 e. The summed E-state index contributed by atoms with van der Waals surface area (Å²) >= 11 is 0. The molecule has 0 fully saturated rings. The predicted octanol–water partition coefficient (Wildman–Crippen LogP) is 5.17. The number of unbranched alkanes of at least 4 members (excludes halogenated alkanes) is 5. The minimum atomic E-state index is -0.995. The molecule has 0 saturated carbocycles. The molecule has 25 heavy (non-hydrogen) atoms. The number of amides is 1. The number of hydrogen-bond acceptors (Lipinski definition) is 2. The van der Waals surface area contributed by atoms with E-state index in [4.69, 9.17) is 5.11 Å². The number of nitrogens with one attached hydrogen (secondary N) is 1. The van der Waals surface area contributed by atoms with Crippen LogP contribution in [-0.2, 0) is 9.59 Å². The van der Waals surface area contributed by atoms with Gasteiger partial charge in [-0.3, -0.25) is 9.59 Å². The monoisotopic (exact) mass is 349 g/mol. The highest BCUT2D eigenvalue weighted by molar-refractivity contribution is 5.83. The molecule has 1 atom stereocenters. The van der Waals surface area contributed by atoms with E-state index in [2.05, 4.69) is 48.7 Å². The third-order valence-corrected chi connectivity index (χ3v) is 3.80. The molecule has 0 bridgehead atoms. The topological polar surface area (TPSA) is 66.4 Å². The van der Waals surface area contributed by atoms with Crippen LogP contribution in [-0.4, -0.2) is 23.0 Å². The summed E-state index contributed by atoms with van der Waals surface area (Å²) in [7, 11) is 0. The highest BCUT2D eigenvalue weighted by Crippen LogP contribution is 2.08. The van der Waals surface area contributed by atoms with Gasteiger partial charge < -0.3 is 10.4 Å². The Labute approximate surface area is 153 Å². The summed E-state index contributed by atoms with van der Waals surface area (Å²) < 4.78 is 0. The van der Waals surface area contributed by atoms with Gasteiger partial charge >= 0.3 is 5.97 Å². The molecule has 0 aromatic rings. The molecule has 4 nitrogen and oxygen atoms in total. The summed E-state index contributed by atoms with van der Waals surface area (Å²) in [6, 6.07) is -0.804. The Hall–Kier alpha value is -1.84. The van der Waals surface area contributed by atoms with Crippen molar-refractivity contribution in [3.05, 3.63) is 36.5 Å². The number of rotatable bonds is 15. The molecule has 0 aliphatic heterocycles. The van der Waals surface area contributed by atoms with E-state index < -0.39 is 12.0 Å². The molecular formula is C21H35NO3. The van der Waals surface area contributed by atoms with E-state index in [1.165, 1.54) is 19.8 Å². The molecule has 0 heterocycles. The molecule has 0 unspecified atom stereocenters. The van der Waals surface area contributed by atoms with Gasteiger partial charge in [0.2, 0.25) is 5.91 Å². The maximum absolute atomic E-state index is 11.5. The number of allylic oxidation sites excluding steroid dienone is 6. The van der Waals surface area contributed by atoms with Crippen LogP contribution in [0.15, 0.2) is 36.5 Å². The number of carbonyl (C=O) groups is 2. The minimum absolute atomic E-state index is 0.170. The molecule has 4 heteroatoms.